The number of hydrogen-bond donors (Lipinski definition) is 0. The SMILES string of the molecule is CCOC(=O)C(C)(Cc1cnccn1)c1ccnc2c(-c3ccc(C(F)(F)F)cc3)cnn12. The van der Waals surface area contributed by atoms with Gasteiger partial charge in [0.05, 0.1) is 29.8 Å². The maximum Gasteiger partial charge on any atom is 0.416 e. The normalized spacial score (nSPS) is 13.6. The van der Waals surface area contributed by atoms with Gasteiger partial charge >= 0.3 is 12.1 Å². The van der Waals surface area contributed by atoms with Gasteiger partial charge in [0.25, 0.3) is 0 Å². The fourth-order valence-corrected chi connectivity index (χ4v) is 3.69. The van der Waals surface area contributed by atoms with Crippen LogP contribution in [0.2, 0.25) is 0 Å². The number of rotatable bonds is 6. The number of fused-ring (bicyclic) bond motifs is 1. The number of ether oxygens (including phenoxy) is 1. The first-order valence-corrected chi connectivity index (χ1v) is 10.2. The summed E-state index contributed by atoms with van der Waals surface area (Å²) in [5.74, 6) is -0.463. The Morgan fingerprint density at radius 1 is 1.03 bits per heavy atom. The first-order chi connectivity index (χ1) is 15.7. The third kappa shape index (κ3) is 4.28. The summed E-state index contributed by atoms with van der Waals surface area (Å²) in [5, 5.41) is 4.40. The molecule has 3 heterocycles. The minimum atomic E-state index is -4.42. The number of esters is 1. The van der Waals surface area contributed by atoms with E-state index in [0.29, 0.717) is 28.2 Å². The molecule has 0 amide bonds. The van der Waals surface area contributed by atoms with Crippen LogP contribution in [0.1, 0.15) is 30.8 Å². The summed E-state index contributed by atoms with van der Waals surface area (Å²) in [6.45, 7) is 3.65. The van der Waals surface area contributed by atoms with Crippen LogP contribution in [0.4, 0.5) is 13.2 Å². The summed E-state index contributed by atoms with van der Waals surface area (Å²) < 4.78 is 45.7. The van der Waals surface area contributed by atoms with Crippen molar-refractivity contribution in [3.63, 3.8) is 0 Å². The van der Waals surface area contributed by atoms with Crippen LogP contribution in [0.3, 0.4) is 0 Å². The van der Waals surface area contributed by atoms with Crippen LogP contribution >= 0.6 is 0 Å². The zero-order valence-electron chi connectivity index (χ0n) is 17.9. The number of alkyl halides is 3. The van der Waals surface area contributed by atoms with Crippen molar-refractivity contribution in [2.24, 2.45) is 0 Å². The number of halogens is 3. The highest BCUT2D eigenvalue weighted by Crippen LogP contribution is 2.34. The van der Waals surface area contributed by atoms with E-state index < -0.39 is 23.1 Å². The smallest absolute Gasteiger partial charge is 0.416 e. The van der Waals surface area contributed by atoms with Crippen LogP contribution in [-0.4, -0.2) is 37.1 Å². The largest absolute Gasteiger partial charge is 0.465 e. The lowest BCUT2D eigenvalue weighted by Gasteiger charge is -2.27. The van der Waals surface area contributed by atoms with Crippen molar-refractivity contribution in [2.75, 3.05) is 6.61 Å². The van der Waals surface area contributed by atoms with Gasteiger partial charge in [0, 0.05) is 36.8 Å². The standard InChI is InChI=1S/C23H20F3N5O2/c1-3-33-21(32)22(2,12-17-13-27-10-11-28-17)19-8-9-29-20-18(14-30-31(19)20)15-4-6-16(7-5-15)23(24,25)26/h4-11,13-14H,3,12H2,1-2H3. The molecule has 33 heavy (non-hydrogen) atoms. The van der Waals surface area contributed by atoms with E-state index in [1.165, 1.54) is 29.0 Å². The highest BCUT2D eigenvalue weighted by atomic mass is 19.4. The molecule has 0 aliphatic carbocycles. The number of aromatic nitrogens is 5. The molecule has 4 rings (SSSR count). The number of carbonyl (C=O) groups excluding carboxylic acids is 1. The molecule has 0 radical (unpaired) electrons. The van der Waals surface area contributed by atoms with Crippen molar-refractivity contribution in [1.29, 1.82) is 0 Å². The van der Waals surface area contributed by atoms with Gasteiger partial charge in [-0.05, 0) is 37.6 Å². The Balaban J connectivity index is 1.81. The van der Waals surface area contributed by atoms with Gasteiger partial charge in [-0.1, -0.05) is 12.1 Å². The van der Waals surface area contributed by atoms with Gasteiger partial charge in [0.2, 0.25) is 0 Å². The lowest BCUT2D eigenvalue weighted by atomic mass is 9.81. The summed E-state index contributed by atoms with van der Waals surface area (Å²) in [4.78, 5) is 25.8. The average Bonchev–Trinajstić information content (AvgIpc) is 3.23. The Bertz CT molecular complexity index is 1270. The molecule has 0 fully saturated rings. The summed E-state index contributed by atoms with van der Waals surface area (Å²) in [6.07, 6.45) is 3.49. The van der Waals surface area contributed by atoms with E-state index in [9.17, 15) is 18.0 Å². The van der Waals surface area contributed by atoms with E-state index in [2.05, 4.69) is 20.1 Å². The molecular weight excluding hydrogens is 435 g/mol. The van der Waals surface area contributed by atoms with Crippen molar-refractivity contribution in [3.8, 4) is 11.1 Å². The third-order valence-electron chi connectivity index (χ3n) is 5.37. The van der Waals surface area contributed by atoms with Crippen molar-refractivity contribution in [2.45, 2.75) is 31.9 Å². The van der Waals surface area contributed by atoms with E-state index in [1.54, 1.807) is 38.5 Å². The minimum absolute atomic E-state index is 0.193. The molecule has 0 spiro atoms. The third-order valence-corrected chi connectivity index (χ3v) is 5.37. The second kappa shape index (κ2) is 8.61. The van der Waals surface area contributed by atoms with Gasteiger partial charge in [-0.15, -0.1) is 0 Å². The van der Waals surface area contributed by atoms with Gasteiger partial charge in [-0.2, -0.15) is 18.3 Å². The Labute approximate surface area is 187 Å². The van der Waals surface area contributed by atoms with Crippen LogP contribution < -0.4 is 0 Å². The molecule has 3 aromatic heterocycles. The minimum Gasteiger partial charge on any atom is -0.465 e. The van der Waals surface area contributed by atoms with Crippen LogP contribution in [0.5, 0.6) is 0 Å². The molecule has 0 saturated carbocycles. The summed E-state index contributed by atoms with van der Waals surface area (Å²) in [7, 11) is 0. The zero-order valence-corrected chi connectivity index (χ0v) is 17.9. The molecular formula is C23H20F3N5O2. The van der Waals surface area contributed by atoms with E-state index >= 15 is 0 Å². The predicted octanol–water partition coefficient (Wildman–Crippen LogP) is 4.27. The number of benzene rings is 1. The second-order valence-corrected chi connectivity index (χ2v) is 7.62. The van der Waals surface area contributed by atoms with E-state index in [-0.39, 0.29) is 13.0 Å². The maximum atomic E-state index is 13.1. The first-order valence-electron chi connectivity index (χ1n) is 10.2. The van der Waals surface area contributed by atoms with Crippen molar-refractivity contribution in [1.82, 2.24) is 24.6 Å². The van der Waals surface area contributed by atoms with Gasteiger partial charge in [-0.3, -0.25) is 14.8 Å². The Hall–Kier alpha value is -3.82. The molecule has 0 bridgehead atoms. The molecule has 0 aliphatic heterocycles. The number of nitrogens with zero attached hydrogens (tertiary/aromatic N) is 5. The number of hydrogen-bond acceptors (Lipinski definition) is 6. The maximum absolute atomic E-state index is 13.1. The average molecular weight is 455 g/mol. The zero-order chi connectivity index (χ0) is 23.6. The van der Waals surface area contributed by atoms with Crippen LogP contribution in [-0.2, 0) is 27.5 Å². The highest BCUT2D eigenvalue weighted by molar-refractivity contribution is 5.84. The predicted molar refractivity (Wildman–Crippen MR) is 113 cm³/mol. The quantitative estimate of drug-likeness (QED) is 0.404. The fraction of sp³-hybridized carbons (Fsp3) is 0.261. The fourth-order valence-electron chi connectivity index (χ4n) is 3.69. The van der Waals surface area contributed by atoms with Crippen LogP contribution in [0.25, 0.3) is 16.8 Å². The van der Waals surface area contributed by atoms with E-state index in [4.69, 9.17) is 4.74 Å². The highest BCUT2D eigenvalue weighted by Gasteiger charge is 2.40. The monoisotopic (exact) mass is 455 g/mol. The van der Waals surface area contributed by atoms with Gasteiger partial charge in [-0.25, -0.2) is 9.50 Å². The molecule has 0 saturated heterocycles. The molecule has 0 N–H and O–H groups in total. The topological polar surface area (TPSA) is 82.3 Å². The Morgan fingerprint density at radius 2 is 1.79 bits per heavy atom. The molecule has 10 heteroatoms. The van der Waals surface area contributed by atoms with E-state index in [1.807, 2.05) is 0 Å². The molecule has 7 nitrogen and oxygen atoms in total. The van der Waals surface area contributed by atoms with Gasteiger partial charge in [0.1, 0.15) is 5.41 Å². The first kappa shape index (κ1) is 22.4. The van der Waals surface area contributed by atoms with Crippen molar-refractivity contribution >= 4 is 11.6 Å². The molecule has 0 aliphatic rings. The van der Waals surface area contributed by atoms with Crippen LogP contribution in [0, 0.1) is 0 Å². The molecule has 1 aromatic carbocycles. The van der Waals surface area contributed by atoms with Crippen molar-refractivity contribution in [3.05, 3.63) is 78.3 Å². The summed E-state index contributed by atoms with van der Waals surface area (Å²) >= 11 is 0. The molecule has 1 unspecified atom stereocenters. The summed E-state index contributed by atoms with van der Waals surface area (Å²) in [5.41, 5.74) is 0.655. The second-order valence-electron chi connectivity index (χ2n) is 7.62. The Kier molecular flexibility index (Phi) is 5.84. The molecule has 4 aromatic rings. The van der Waals surface area contributed by atoms with Gasteiger partial charge < -0.3 is 4.74 Å². The lowest BCUT2D eigenvalue weighted by molar-refractivity contribution is -0.149. The number of carbonyl (C=O) groups is 1. The molecule has 1 atom stereocenters. The van der Waals surface area contributed by atoms with Crippen LogP contribution in [0.15, 0.2) is 61.3 Å². The Morgan fingerprint density at radius 3 is 2.42 bits per heavy atom. The van der Waals surface area contributed by atoms with Crippen molar-refractivity contribution < 1.29 is 22.7 Å². The molecule has 170 valence electrons. The summed E-state index contributed by atoms with van der Waals surface area (Å²) in [6, 6.07) is 6.44. The van der Waals surface area contributed by atoms with E-state index in [0.717, 1.165) is 12.1 Å². The lowest BCUT2D eigenvalue weighted by Crippen LogP contribution is -2.39. The van der Waals surface area contributed by atoms with Gasteiger partial charge in [0.15, 0.2) is 5.65 Å².